The van der Waals surface area contributed by atoms with Gasteiger partial charge in [-0.15, -0.1) is 0 Å². The molecule has 6 aromatic carbocycles. The first-order valence-electron chi connectivity index (χ1n) is 15.4. The Hall–Kier alpha value is -5.60. The van der Waals surface area contributed by atoms with Crippen LogP contribution in [0.3, 0.4) is 0 Å². The maximum atomic E-state index is 2.51. The fourth-order valence-corrected chi connectivity index (χ4v) is 7.23. The van der Waals surface area contributed by atoms with Gasteiger partial charge in [0.05, 0.1) is 16.6 Å². The Balaban J connectivity index is 1.41. The van der Waals surface area contributed by atoms with Crippen LogP contribution in [-0.2, 0) is 6.42 Å². The van der Waals surface area contributed by atoms with E-state index in [9.17, 15) is 0 Å². The minimum atomic E-state index is 1.02. The molecule has 2 heteroatoms. The van der Waals surface area contributed by atoms with Gasteiger partial charge < -0.3 is 9.13 Å². The monoisotopic (exact) mass is 562 g/mol. The molecule has 2 heterocycles. The van der Waals surface area contributed by atoms with Crippen LogP contribution in [0, 0.1) is 0 Å². The average Bonchev–Trinajstić information content (AvgIpc) is 3.62. The highest BCUT2D eigenvalue weighted by atomic mass is 15.0. The highest BCUT2D eigenvalue weighted by molar-refractivity contribution is 6.20. The topological polar surface area (TPSA) is 9.86 Å². The summed E-state index contributed by atoms with van der Waals surface area (Å²) in [6.45, 7) is 0. The van der Waals surface area contributed by atoms with Crippen molar-refractivity contribution in [3.63, 3.8) is 0 Å². The Morgan fingerprint density at radius 1 is 0.455 bits per heavy atom. The van der Waals surface area contributed by atoms with Gasteiger partial charge in [0.1, 0.15) is 0 Å². The maximum Gasteiger partial charge on any atom is 0.0638 e. The second-order valence-corrected chi connectivity index (χ2v) is 11.7. The van der Waals surface area contributed by atoms with Crippen LogP contribution < -0.4 is 0 Å². The van der Waals surface area contributed by atoms with E-state index in [-0.39, 0.29) is 0 Å². The van der Waals surface area contributed by atoms with E-state index in [1.165, 1.54) is 77.6 Å². The SMILES string of the molecule is C1=Cc2c(c3c(ccc4c5ccccc5n(-c5ccccc5)c43)n2-c2cc(-c3ccccc3)cc(-c3ccccc3)c2)CC1. The summed E-state index contributed by atoms with van der Waals surface area (Å²) in [5.41, 5.74) is 13.8. The van der Waals surface area contributed by atoms with Crippen LogP contribution in [0.2, 0.25) is 0 Å². The van der Waals surface area contributed by atoms with Crippen LogP contribution in [0.1, 0.15) is 17.7 Å². The Kier molecular flexibility index (Phi) is 5.67. The van der Waals surface area contributed by atoms with Crippen LogP contribution in [-0.4, -0.2) is 9.13 Å². The molecule has 0 unspecified atom stereocenters. The van der Waals surface area contributed by atoms with E-state index >= 15 is 0 Å². The Morgan fingerprint density at radius 3 is 1.80 bits per heavy atom. The standard InChI is InChI=1S/C42H30N2/c1-4-14-29(15-5-1)31-26-32(30-16-6-2-7-17-30)28-34(27-31)43-39-23-13-11-21-37(39)41-40(43)25-24-36-35-20-10-12-22-38(35)44(42(36)41)33-18-8-3-9-19-33/h1-10,12-20,22-28H,11,21H2. The largest absolute Gasteiger partial charge is 0.309 e. The van der Waals surface area contributed by atoms with Gasteiger partial charge in [-0.3, -0.25) is 0 Å². The maximum absolute atomic E-state index is 2.51. The van der Waals surface area contributed by atoms with Crippen molar-refractivity contribution in [2.75, 3.05) is 0 Å². The number of allylic oxidation sites excluding steroid dienone is 1. The third kappa shape index (κ3) is 3.81. The number of rotatable bonds is 4. The quantitative estimate of drug-likeness (QED) is 0.202. The summed E-state index contributed by atoms with van der Waals surface area (Å²) < 4.78 is 4.98. The zero-order valence-electron chi connectivity index (χ0n) is 24.3. The van der Waals surface area contributed by atoms with Gasteiger partial charge in [-0.05, 0) is 89.2 Å². The number of aromatic nitrogens is 2. The van der Waals surface area contributed by atoms with Gasteiger partial charge in [-0.1, -0.05) is 109 Å². The summed E-state index contributed by atoms with van der Waals surface area (Å²) in [6.07, 6.45) is 6.75. The second kappa shape index (κ2) is 10.00. The lowest BCUT2D eigenvalue weighted by Crippen LogP contribution is -2.01. The molecule has 1 aliphatic rings. The lowest BCUT2D eigenvalue weighted by atomic mass is 9.97. The summed E-state index contributed by atoms with van der Waals surface area (Å²) in [5, 5.41) is 3.95. The molecule has 208 valence electrons. The molecule has 9 rings (SSSR count). The van der Waals surface area contributed by atoms with Crippen molar-refractivity contribution in [2.24, 2.45) is 0 Å². The molecule has 0 fully saturated rings. The summed E-state index contributed by atoms with van der Waals surface area (Å²) in [4.78, 5) is 0. The highest BCUT2D eigenvalue weighted by Crippen LogP contribution is 2.43. The Morgan fingerprint density at radius 2 is 1.09 bits per heavy atom. The molecular formula is C42H30N2. The van der Waals surface area contributed by atoms with E-state index in [0.717, 1.165) is 12.8 Å². The average molecular weight is 563 g/mol. The van der Waals surface area contributed by atoms with Crippen LogP contribution in [0.25, 0.3) is 72.4 Å². The number of aryl methyl sites for hydroxylation is 1. The third-order valence-corrected chi connectivity index (χ3v) is 9.15. The Labute approximate surface area is 256 Å². The number of benzene rings is 6. The van der Waals surface area contributed by atoms with Gasteiger partial charge in [0.2, 0.25) is 0 Å². The molecule has 0 atom stereocenters. The van der Waals surface area contributed by atoms with Gasteiger partial charge in [-0.2, -0.15) is 0 Å². The van der Waals surface area contributed by atoms with Crippen LogP contribution >= 0.6 is 0 Å². The minimum Gasteiger partial charge on any atom is -0.309 e. The number of para-hydroxylation sites is 2. The number of hydrogen-bond donors (Lipinski definition) is 0. The summed E-state index contributed by atoms with van der Waals surface area (Å²) in [5.74, 6) is 0. The summed E-state index contributed by atoms with van der Waals surface area (Å²) in [7, 11) is 0. The molecular weight excluding hydrogens is 532 g/mol. The van der Waals surface area contributed by atoms with Crippen LogP contribution in [0.5, 0.6) is 0 Å². The second-order valence-electron chi connectivity index (χ2n) is 11.7. The molecule has 0 aliphatic heterocycles. The predicted molar refractivity (Wildman–Crippen MR) is 186 cm³/mol. The fourth-order valence-electron chi connectivity index (χ4n) is 7.23. The first-order chi connectivity index (χ1) is 21.8. The van der Waals surface area contributed by atoms with Crippen molar-refractivity contribution in [1.82, 2.24) is 9.13 Å². The zero-order chi connectivity index (χ0) is 29.0. The van der Waals surface area contributed by atoms with Crippen molar-refractivity contribution < 1.29 is 0 Å². The van der Waals surface area contributed by atoms with Gasteiger partial charge >= 0.3 is 0 Å². The van der Waals surface area contributed by atoms with Crippen molar-refractivity contribution in [3.05, 3.63) is 163 Å². The van der Waals surface area contributed by atoms with Crippen LogP contribution in [0.4, 0.5) is 0 Å². The molecule has 0 radical (unpaired) electrons. The van der Waals surface area contributed by atoms with E-state index in [2.05, 4.69) is 167 Å². The third-order valence-electron chi connectivity index (χ3n) is 9.15. The van der Waals surface area contributed by atoms with Gasteiger partial charge in [0.25, 0.3) is 0 Å². The molecule has 1 aliphatic carbocycles. The number of nitrogens with zero attached hydrogens (tertiary/aromatic N) is 2. The molecule has 0 N–H and O–H groups in total. The highest BCUT2D eigenvalue weighted by Gasteiger charge is 2.24. The van der Waals surface area contributed by atoms with E-state index in [4.69, 9.17) is 0 Å². The molecule has 8 aromatic rings. The minimum absolute atomic E-state index is 1.02. The first kappa shape index (κ1) is 24.9. The van der Waals surface area contributed by atoms with Gasteiger partial charge in [-0.25, -0.2) is 0 Å². The smallest absolute Gasteiger partial charge is 0.0638 e. The molecule has 0 saturated heterocycles. The molecule has 2 nitrogen and oxygen atoms in total. The normalized spacial score (nSPS) is 12.7. The fraction of sp³-hybridized carbons (Fsp3) is 0.0476. The number of fused-ring (bicyclic) bond motifs is 7. The summed E-state index contributed by atoms with van der Waals surface area (Å²) in [6, 6.07) is 52.9. The number of hydrogen-bond acceptors (Lipinski definition) is 0. The van der Waals surface area contributed by atoms with Crippen molar-refractivity contribution >= 4 is 38.8 Å². The first-order valence-corrected chi connectivity index (χ1v) is 15.4. The van der Waals surface area contributed by atoms with Gasteiger partial charge in [0, 0.05) is 33.2 Å². The van der Waals surface area contributed by atoms with E-state index < -0.39 is 0 Å². The molecule has 44 heavy (non-hydrogen) atoms. The lowest BCUT2D eigenvalue weighted by Gasteiger charge is -2.16. The van der Waals surface area contributed by atoms with E-state index in [1.54, 1.807) is 0 Å². The molecule has 0 saturated carbocycles. The Bertz CT molecular complexity index is 2300. The molecule has 0 amide bonds. The molecule has 0 bridgehead atoms. The van der Waals surface area contributed by atoms with E-state index in [0.29, 0.717) is 0 Å². The van der Waals surface area contributed by atoms with Gasteiger partial charge in [0.15, 0.2) is 0 Å². The van der Waals surface area contributed by atoms with Crippen molar-refractivity contribution in [3.8, 4) is 33.6 Å². The van der Waals surface area contributed by atoms with Crippen molar-refractivity contribution in [2.45, 2.75) is 12.8 Å². The van der Waals surface area contributed by atoms with Crippen LogP contribution in [0.15, 0.2) is 152 Å². The predicted octanol–water partition coefficient (Wildman–Crippen LogP) is 11.0. The zero-order valence-corrected chi connectivity index (χ0v) is 24.3. The van der Waals surface area contributed by atoms with Crippen molar-refractivity contribution in [1.29, 1.82) is 0 Å². The van der Waals surface area contributed by atoms with E-state index in [1.807, 2.05) is 0 Å². The molecule has 2 aromatic heterocycles. The summed E-state index contributed by atoms with van der Waals surface area (Å²) >= 11 is 0. The lowest BCUT2D eigenvalue weighted by molar-refractivity contribution is 0.968. The molecule has 0 spiro atoms.